The van der Waals surface area contributed by atoms with Crippen LogP contribution in [0, 0.1) is 46.3 Å². The van der Waals surface area contributed by atoms with E-state index < -0.39 is 0 Å². The van der Waals surface area contributed by atoms with Gasteiger partial charge in [-0.15, -0.1) is 0 Å². The number of carbonyl (C=O) groups is 1. The summed E-state index contributed by atoms with van der Waals surface area (Å²) in [6, 6.07) is 0. The lowest BCUT2D eigenvalue weighted by atomic mass is 9.47. The summed E-state index contributed by atoms with van der Waals surface area (Å²) in [6.45, 7) is 11.6. The number of Topliss-reactive ketones (excluding diaryl/α,β-unsaturated/α-hetero) is 1. The lowest BCUT2D eigenvalue weighted by Crippen LogP contribution is -2.50. The van der Waals surface area contributed by atoms with Gasteiger partial charge in [-0.2, -0.15) is 0 Å². The predicted molar refractivity (Wildman–Crippen MR) is 119 cm³/mol. The molecule has 0 aliphatic heterocycles. The van der Waals surface area contributed by atoms with Crippen LogP contribution >= 0.6 is 0 Å². The Balaban J connectivity index is 1.49. The molecule has 164 valence electrons. The highest BCUT2D eigenvalue weighted by Gasteiger charge is 2.59. The Kier molecular flexibility index (Phi) is 5.82. The van der Waals surface area contributed by atoms with E-state index >= 15 is 0 Å². The van der Waals surface area contributed by atoms with Gasteiger partial charge in [0.05, 0.1) is 6.10 Å². The molecule has 1 N–H and O–H groups in total. The minimum atomic E-state index is -0.106. The van der Waals surface area contributed by atoms with Crippen LogP contribution < -0.4 is 0 Å². The normalized spacial score (nSPS) is 45.2. The van der Waals surface area contributed by atoms with Gasteiger partial charge in [0.15, 0.2) is 0 Å². The van der Waals surface area contributed by atoms with Gasteiger partial charge in [-0.3, -0.25) is 4.79 Å². The molecular weight excluding hydrogens is 356 g/mol. The Labute approximate surface area is 178 Å². The minimum absolute atomic E-state index is 0.106. The van der Waals surface area contributed by atoms with Crippen LogP contribution in [0.15, 0.2) is 11.6 Å². The van der Waals surface area contributed by atoms with Gasteiger partial charge in [-0.1, -0.05) is 46.3 Å². The minimum Gasteiger partial charge on any atom is -0.393 e. The molecule has 3 saturated carbocycles. The van der Waals surface area contributed by atoms with Gasteiger partial charge in [0.2, 0.25) is 0 Å². The summed E-state index contributed by atoms with van der Waals surface area (Å²) in [7, 11) is 0. The van der Waals surface area contributed by atoms with E-state index in [9.17, 15) is 9.90 Å². The van der Waals surface area contributed by atoms with Gasteiger partial charge < -0.3 is 5.11 Å². The fraction of sp³-hybridized carbons (Fsp3) is 0.889. The van der Waals surface area contributed by atoms with Crippen molar-refractivity contribution in [3.63, 3.8) is 0 Å². The van der Waals surface area contributed by atoms with Gasteiger partial charge in [0.1, 0.15) is 5.78 Å². The summed E-state index contributed by atoms with van der Waals surface area (Å²) in [5.74, 6) is 4.60. The molecule has 0 aromatic heterocycles. The molecule has 7 unspecified atom stereocenters. The quantitative estimate of drug-likeness (QED) is 0.530. The summed E-state index contributed by atoms with van der Waals surface area (Å²) in [5, 5.41) is 10.2. The SMILES string of the molecule is CC(C)C(=O)CCC(C)C1CCC2C3CC=C4C[C@@H](O)CCC4(C)C3CCC12C. The molecule has 2 heteroatoms. The number of ketones is 1. The van der Waals surface area contributed by atoms with Gasteiger partial charge in [0, 0.05) is 12.3 Å². The highest BCUT2D eigenvalue weighted by Crippen LogP contribution is 2.67. The molecule has 0 aromatic carbocycles. The molecule has 3 fully saturated rings. The van der Waals surface area contributed by atoms with Crippen LogP contribution in [0.5, 0.6) is 0 Å². The molecule has 4 aliphatic carbocycles. The third-order valence-corrected chi connectivity index (χ3v) is 10.3. The summed E-state index contributed by atoms with van der Waals surface area (Å²) >= 11 is 0. The Morgan fingerprint density at radius 3 is 2.59 bits per heavy atom. The van der Waals surface area contributed by atoms with E-state index in [1.807, 2.05) is 13.8 Å². The van der Waals surface area contributed by atoms with E-state index in [4.69, 9.17) is 0 Å². The molecule has 0 amide bonds. The van der Waals surface area contributed by atoms with Crippen LogP contribution in [0.2, 0.25) is 0 Å². The van der Waals surface area contributed by atoms with Crippen LogP contribution in [0.25, 0.3) is 0 Å². The molecule has 0 bridgehead atoms. The van der Waals surface area contributed by atoms with E-state index in [1.165, 1.54) is 38.5 Å². The molecule has 8 atom stereocenters. The molecule has 0 aromatic rings. The van der Waals surface area contributed by atoms with Crippen LogP contribution in [0.4, 0.5) is 0 Å². The second kappa shape index (κ2) is 7.81. The van der Waals surface area contributed by atoms with Crippen molar-refractivity contribution in [2.45, 2.75) is 105 Å². The van der Waals surface area contributed by atoms with Crippen molar-refractivity contribution < 1.29 is 9.90 Å². The Hall–Kier alpha value is -0.630. The third-order valence-electron chi connectivity index (χ3n) is 10.3. The maximum Gasteiger partial charge on any atom is 0.135 e. The molecular formula is C27H44O2. The Morgan fingerprint density at radius 1 is 1.10 bits per heavy atom. The first kappa shape index (κ1) is 21.6. The Morgan fingerprint density at radius 2 is 1.86 bits per heavy atom. The summed E-state index contributed by atoms with van der Waals surface area (Å²) in [5.41, 5.74) is 2.39. The van der Waals surface area contributed by atoms with Gasteiger partial charge in [-0.05, 0) is 98.2 Å². The molecule has 0 radical (unpaired) electrons. The van der Waals surface area contributed by atoms with Gasteiger partial charge >= 0.3 is 0 Å². The van der Waals surface area contributed by atoms with Crippen molar-refractivity contribution in [3.05, 3.63) is 11.6 Å². The number of aliphatic hydroxyl groups excluding tert-OH is 1. The van der Waals surface area contributed by atoms with Crippen molar-refractivity contribution >= 4 is 5.78 Å². The summed E-state index contributed by atoms with van der Waals surface area (Å²) in [6.07, 6.45) is 14.1. The fourth-order valence-corrected chi connectivity index (χ4v) is 8.48. The Bertz CT molecular complexity index is 663. The van der Waals surface area contributed by atoms with Crippen molar-refractivity contribution in [1.29, 1.82) is 0 Å². The van der Waals surface area contributed by atoms with E-state index in [1.54, 1.807) is 5.57 Å². The lowest BCUT2D eigenvalue weighted by molar-refractivity contribution is -0.122. The summed E-state index contributed by atoms with van der Waals surface area (Å²) in [4.78, 5) is 12.2. The number of aliphatic hydroxyl groups is 1. The van der Waals surface area contributed by atoms with Gasteiger partial charge in [-0.25, -0.2) is 0 Å². The van der Waals surface area contributed by atoms with Crippen LogP contribution in [-0.4, -0.2) is 17.0 Å². The molecule has 0 saturated heterocycles. The standard InChI is InChI=1S/C27H44O2/c1-17(2)25(29)11-6-18(3)22-9-10-23-21-8-7-19-16-20(28)12-14-26(19,4)24(21)13-15-27(22,23)5/h7,17-18,20-24,28H,6,8-16H2,1-5H3/t18?,20-,21?,22?,23?,24?,26?,27?/m0/s1. The van der Waals surface area contributed by atoms with E-state index in [2.05, 4.69) is 26.8 Å². The van der Waals surface area contributed by atoms with E-state index in [-0.39, 0.29) is 12.0 Å². The molecule has 0 spiro atoms. The average Bonchev–Trinajstić information content (AvgIpc) is 3.03. The number of hydrogen-bond donors (Lipinski definition) is 1. The number of carbonyl (C=O) groups excluding carboxylic acids is 1. The maximum absolute atomic E-state index is 12.2. The first-order valence-electron chi connectivity index (χ1n) is 12.6. The van der Waals surface area contributed by atoms with Crippen LogP contribution in [0.1, 0.15) is 98.8 Å². The van der Waals surface area contributed by atoms with Crippen LogP contribution in [-0.2, 0) is 4.79 Å². The number of allylic oxidation sites excluding steroid dienone is 1. The number of fused-ring (bicyclic) bond motifs is 5. The maximum atomic E-state index is 12.2. The smallest absolute Gasteiger partial charge is 0.135 e. The lowest BCUT2D eigenvalue weighted by Gasteiger charge is -2.58. The van der Waals surface area contributed by atoms with Crippen molar-refractivity contribution in [2.75, 3.05) is 0 Å². The fourth-order valence-electron chi connectivity index (χ4n) is 8.48. The third kappa shape index (κ3) is 3.56. The number of rotatable bonds is 5. The van der Waals surface area contributed by atoms with Crippen molar-refractivity contribution in [2.24, 2.45) is 46.3 Å². The monoisotopic (exact) mass is 400 g/mol. The zero-order chi connectivity index (χ0) is 21.0. The van der Waals surface area contributed by atoms with Crippen molar-refractivity contribution in [1.82, 2.24) is 0 Å². The first-order valence-corrected chi connectivity index (χ1v) is 12.6. The predicted octanol–water partition coefficient (Wildman–Crippen LogP) is 6.57. The molecule has 4 rings (SSSR count). The highest BCUT2D eigenvalue weighted by atomic mass is 16.3. The second-order valence-electron chi connectivity index (χ2n) is 12.0. The topological polar surface area (TPSA) is 37.3 Å². The zero-order valence-electron chi connectivity index (χ0n) is 19.5. The first-order chi connectivity index (χ1) is 13.7. The molecule has 0 heterocycles. The van der Waals surface area contributed by atoms with E-state index in [0.29, 0.717) is 22.5 Å². The molecule has 4 aliphatic rings. The second-order valence-corrected chi connectivity index (χ2v) is 12.0. The highest BCUT2D eigenvalue weighted by molar-refractivity contribution is 5.80. The average molecular weight is 401 g/mol. The zero-order valence-corrected chi connectivity index (χ0v) is 19.5. The number of hydrogen-bond acceptors (Lipinski definition) is 2. The van der Waals surface area contributed by atoms with Crippen LogP contribution in [0.3, 0.4) is 0 Å². The van der Waals surface area contributed by atoms with E-state index in [0.717, 1.165) is 49.4 Å². The van der Waals surface area contributed by atoms with Gasteiger partial charge in [0.25, 0.3) is 0 Å². The molecule has 29 heavy (non-hydrogen) atoms. The van der Waals surface area contributed by atoms with Crippen molar-refractivity contribution in [3.8, 4) is 0 Å². The summed E-state index contributed by atoms with van der Waals surface area (Å²) < 4.78 is 0. The molecule has 2 nitrogen and oxygen atoms in total. The largest absolute Gasteiger partial charge is 0.393 e.